The summed E-state index contributed by atoms with van der Waals surface area (Å²) < 4.78 is 36.0. The molecule has 0 aromatic rings. The van der Waals surface area contributed by atoms with Crippen LogP contribution in [0.5, 0.6) is 0 Å². The Balaban J connectivity index is 1.05. The van der Waals surface area contributed by atoms with E-state index < -0.39 is 134 Å². The molecule has 3 heterocycles. The lowest BCUT2D eigenvalue weighted by Gasteiger charge is -2.65. The quantitative estimate of drug-likeness (QED) is 0.110. The van der Waals surface area contributed by atoms with Crippen molar-refractivity contribution in [3.63, 3.8) is 0 Å². The average Bonchev–Trinajstić information content (AvgIpc) is 3.53. The summed E-state index contributed by atoms with van der Waals surface area (Å²) in [5.41, 5.74) is -1.92. The highest BCUT2D eigenvalue weighted by atomic mass is 16.8. The van der Waals surface area contributed by atoms with Gasteiger partial charge in [-0.3, -0.25) is 4.79 Å². The molecule has 3 saturated carbocycles. The molecule has 380 valence electrons. The Kier molecular flexibility index (Phi) is 15.2. The van der Waals surface area contributed by atoms with E-state index in [0.29, 0.717) is 38.5 Å². The van der Waals surface area contributed by atoms with E-state index in [4.69, 9.17) is 28.4 Å². The van der Waals surface area contributed by atoms with Gasteiger partial charge in [0.1, 0.15) is 72.9 Å². The van der Waals surface area contributed by atoms with E-state index in [1.165, 1.54) is 6.92 Å². The van der Waals surface area contributed by atoms with Gasteiger partial charge in [0.15, 0.2) is 18.9 Å². The number of ether oxygens (including phenoxy) is 6. The smallest absolute Gasteiger partial charge is 0.187 e. The molecule has 0 spiro atoms. The Morgan fingerprint density at radius 1 is 0.727 bits per heavy atom. The fraction of sp³-hybridized carbons (Fsp3) is 0.938. The van der Waals surface area contributed by atoms with Gasteiger partial charge in [-0.25, -0.2) is 0 Å². The molecule has 7 rings (SSSR count). The molecule has 3 aliphatic heterocycles. The van der Waals surface area contributed by atoms with Gasteiger partial charge in [-0.05, 0) is 100 Å². The Morgan fingerprint density at radius 2 is 1.32 bits per heavy atom. The van der Waals surface area contributed by atoms with Crippen molar-refractivity contribution < 1.29 is 89.4 Å². The van der Waals surface area contributed by atoms with Crippen LogP contribution in [0.1, 0.15) is 114 Å². The van der Waals surface area contributed by atoms with Crippen LogP contribution in [0.4, 0.5) is 0 Å². The second kappa shape index (κ2) is 19.1. The monoisotopic (exact) mass is 945 g/mol. The fourth-order valence-corrected chi connectivity index (χ4v) is 13.9. The molecule has 0 aromatic carbocycles. The number of ketones is 1. The van der Waals surface area contributed by atoms with E-state index in [1.54, 1.807) is 13.8 Å². The van der Waals surface area contributed by atoms with Gasteiger partial charge in [0.05, 0.1) is 37.1 Å². The maximum Gasteiger partial charge on any atom is 0.187 e. The SMILES string of the molecule is C[C@H](CC[C@@H](O)C(C)(C)O[C@@H]1O[C@H](CO)[C@@H](O)[C@H](O)[C@H]1O)[C@H]1CC[C@@]2(C)C3CC=C4[C@@H](CC[C@H](O[C@@H]5O[C@H](CO)[C@@H](O)[C@H](O)[C@H]5O[C@@H]5O[C@@H](C)[C@H](O)[C@@H](O)[C@H]5O)C4(C)C)[C@]3(C)C(=O)C[C@]12C. The third kappa shape index (κ3) is 8.60. The summed E-state index contributed by atoms with van der Waals surface area (Å²) in [5, 5.41) is 116. The summed E-state index contributed by atoms with van der Waals surface area (Å²) in [6.07, 6.45) is -15.7. The molecule has 3 saturated heterocycles. The van der Waals surface area contributed by atoms with Gasteiger partial charge in [0.2, 0.25) is 0 Å². The molecule has 4 aliphatic carbocycles. The number of hydrogen-bond donors (Lipinski definition) is 11. The van der Waals surface area contributed by atoms with Crippen LogP contribution in [0, 0.1) is 45.3 Å². The van der Waals surface area contributed by atoms with Gasteiger partial charge in [-0.15, -0.1) is 0 Å². The maximum atomic E-state index is 15.1. The van der Waals surface area contributed by atoms with Gasteiger partial charge in [0, 0.05) is 17.3 Å². The van der Waals surface area contributed by atoms with Crippen LogP contribution < -0.4 is 0 Å². The zero-order valence-corrected chi connectivity index (χ0v) is 40.0. The first-order valence-electron chi connectivity index (χ1n) is 24.2. The Hall–Kier alpha value is -1.27. The summed E-state index contributed by atoms with van der Waals surface area (Å²) in [7, 11) is 0. The lowest BCUT2D eigenvalue weighted by atomic mass is 9.38. The van der Waals surface area contributed by atoms with E-state index in [2.05, 4.69) is 47.6 Å². The lowest BCUT2D eigenvalue weighted by molar-refractivity contribution is -0.372. The number of allylic oxidation sites excluding steroid dienone is 1. The van der Waals surface area contributed by atoms with Crippen molar-refractivity contribution in [2.45, 2.75) is 224 Å². The first kappa shape index (κ1) is 52.6. The summed E-state index contributed by atoms with van der Waals surface area (Å²) in [6.45, 7) is 16.7. The normalized spacial score (nSPS) is 50.5. The molecule has 0 radical (unpaired) electrons. The fourth-order valence-electron chi connectivity index (χ4n) is 13.9. The van der Waals surface area contributed by atoms with Crippen molar-refractivity contribution >= 4 is 5.78 Å². The van der Waals surface area contributed by atoms with E-state index in [9.17, 15) is 56.2 Å². The molecule has 24 atom stereocenters. The van der Waals surface area contributed by atoms with Gasteiger partial charge < -0.3 is 84.6 Å². The summed E-state index contributed by atoms with van der Waals surface area (Å²) in [4.78, 5) is 15.1. The second-order valence-corrected chi connectivity index (χ2v) is 22.8. The van der Waals surface area contributed by atoms with Crippen molar-refractivity contribution in [1.29, 1.82) is 0 Å². The molecule has 11 N–H and O–H groups in total. The maximum absolute atomic E-state index is 15.1. The lowest BCUT2D eigenvalue weighted by Crippen LogP contribution is -2.65. The highest BCUT2D eigenvalue weighted by Crippen LogP contribution is 2.74. The molecular weight excluding hydrogens is 865 g/mol. The van der Waals surface area contributed by atoms with Crippen LogP contribution in [0.15, 0.2) is 11.6 Å². The third-order valence-electron chi connectivity index (χ3n) is 18.5. The van der Waals surface area contributed by atoms with Gasteiger partial charge in [-0.1, -0.05) is 53.2 Å². The Labute approximate surface area is 388 Å². The highest BCUT2D eigenvalue weighted by molar-refractivity contribution is 5.88. The minimum atomic E-state index is -1.69. The Bertz CT molecular complexity index is 1740. The zero-order valence-electron chi connectivity index (χ0n) is 40.0. The number of carbonyl (C=O) groups is 1. The molecule has 0 aromatic heterocycles. The number of aliphatic hydroxyl groups excluding tert-OH is 11. The van der Waals surface area contributed by atoms with Crippen LogP contribution in [0.3, 0.4) is 0 Å². The van der Waals surface area contributed by atoms with Gasteiger partial charge in [0.25, 0.3) is 0 Å². The van der Waals surface area contributed by atoms with Crippen LogP contribution in [0.2, 0.25) is 0 Å². The predicted octanol–water partition coefficient (Wildman–Crippen LogP) is 0.180. The van der Waals surface area contributed by atoms with Crippen LogP contribution in [-0.4, -0.2) is 185 Å². The number of carbonyl (C=O) groups excluding carboxylic acids is 1. The Morgan fingerprint density at radius 3 is 1.95 bits per heavy atom. The van der Waals surface area contributed by atoms with Crippen molar-refractivity contribution in [3.05, 3.63) is 11.6 Å². The standard InChI is InChI=1S/C48H80O18/c1-21(10-14-29(51)45(5,6)66-42-39(60)36(57)33(54)26(19-49)62-42)23-16-17-46(7)28-13-11-24-25(48(28,9)30(52)18-47(23,46)8)12-15-31(44(24,3)4)64-43-40(37(58)34(55)27(20-50)63-43)65-41-38(59)35(56)32(53)22(2)61-41/h11,21-23,25-29,31-43,49-51,53-60H,10,12-20H2,1-9H3/t21-,22+,23-,25-,26-,27-,28?,29-,31+,32+,33-,34-,35-,36+,37+,38-,39-,40-,41+,42+,43+,46+,47-,48+/m1/s1. The molecule has 1 unspecified atom stereocenters. The summed E-state index contributed by atoms with van der Waals surface area (Å²) >= 11 is 0. The van der Waals surface area contributed by atoms with Crippen LogP contribution in [-0.2, 0) is 33.2 Å². The highest BCUT2D eigenvalue weighted by Gasteiger charge is 2.70. The number of aliphatic hydroxyl groups is 11. The van der Waals surface area contributed by atoms with E-state index in [0.717, 1.165) is 18.4 Å². The van der Waals surface area contributed by atoms with Crippen molar-refractivity contribution in [3.8, 4) is 0 Å². The number of rotatable bonds is 13. The molecule has 7 aliphatic rings. The third-order valence-corrected chi connectivity index (χ3v) is 18.5. The largest absolute Gasteiger partial charge is 0.394 e. The first-order chi connectivity index (χ1) is 30.7. The minimum Gasteiger partial charge on any atom is -0.394 e. The summed E-state index contributed by atoms with van der Waals surface area (Å²) in [6, 6.07) is 0. The topological polar surface area (TPSA) is 295 Å². The van der Waals surface area contributed by atoms with Crippen molar-refractivity contribution in [2.75, 3.05) is 13.2 Å². The van der Waals surface area contributed by atoms with Crippen LogP contribution in [0.25, 0.3) is 0 Å². The van der Waals surface area contributed by atoms with Crippen molar-refractivity contribution in [1.82, 2.24) is 0 Å². The second-order valence-electron chi connectivity index (χ2n) is 22.8. The van der Waals surface area contributed by atoms with E-state index >= 15 is 4.79 Å². The molecule has 18 nitrogen and oxygen atoms in total. The molecule has 0 amide bonds. The molecule has 18 heteroatoms. The minimum absolute atomic E-state index is 0.0616. The van der Waals surface area contributed by atoms with Gasteiger partial charge in [-0.2, -0.15) is 0 Å². The molecule has 6 fully saturated rings. The molecule has 0 bridgehead atoms. The number of fused-ring (bicyclic) bond motifs is 5. The van der Waals surface area contributed by atoms with Crippen molar-refractivity contribution in [2.24, 2.45) is 45.3 Å². The number of Topliss-reactive ketones (excluding diaryl/α,β-unsaturated/α-hetero) is 1. The predicted molar refractivity (Wildman–Crippen MR) is 233 cm³/mol. The molecular formula is C48H80O18. The first-order valence-corrected chi connectivity index (χ1v) is 24.2. The van der Waals surface area contributed by atoms with E-state index in [-0.39, 0.29) is 40.3 Å². The summed E-state index contributed by atoms with van der Waals surface area (Å²) in [5.74, 6) is 0.565. The zero-order chi connectivity index (χ0) is 48.8. The number of hydrogen-bond acceptors (Lipinski definition) is 18. The van der Waals surface area contributed by atoms with Crippen LogP contribution >= 0.6 is 0 Å². The van der Waals surface area contributed by atoms with E-state index in [1.807, 2.05) is 0 Å². The van der Waals surface area contributed by atoms with Gasteiger partial charge >= 0.3 is 0 Å². The molecule has 66 heavy (non-hydrogen) atoms. The average molecular weight is 945 g/mol.